The molecule has 0 heterocycles. The van der Waals surface area contributed by atoms with Crippen LogP contribution < -0.4 is 0 Å². The highest BCUT2D eigenvalue weighted by atomic mass is 16.6. The summed E-state index contributed by atoms with van der Waals surface area (Å²) in [5, 5.41) is 18.5. The first-order valence-electron chi connectivity index (χ1n) is 6.60. The maximum Gasteiger partial charge on any atom is 0.189 e. The average Bonchev–Trinajstić information content (AvgIpc) is 2.44. The fraction of sp³-hybridized carbons (Fsp3) is 0.312. The van der Waals surface area contributed by atoms with Gasteiger partial charge in [0, 0.05) is 0 Å². The molecule has 0 bridgehead atoms. The number of allylic oxidation sites excluding steroid dienone is 3. The predicted octanol–water partition coefficient (Wildman–Crippen LogP) is 2.36. The third kappa shape index (κ3) is 3.56. The summed E-state index contributed by atoms with van der Waals surface area (Å²) < 4.78 is 4.99. The van der Waals surface area contributed by atoms with Crippen molar-refractivity contribution < 1.29 is 19.7 Å². The highest BCUT2D eigenvalue weighted by Gasteiger charge is 2.14. The number of fused-ring (bicyclic) bond motifs is 1. The van der Waals surface area contributed by atoms with Crippen molar-refractivity contribution in [3.05, 3.63) is 53.1 Å². The van der Waals surface area contributed by atoms with Gasteiger partial charge in [-0.05, 0) is 42.5 Å². The number of hydrogen-bond acceptors (Lipinski definition) is 4. The van der Waals surface area contributed by atoms with Gasteiger partial charge in [-0.25, -0.2) is 0 Å². The van der Waals surface area contributed by atoms with Gasteiger partial charge in [-0.15, -0.1) is 0 Å². The van der Waals surface area contributed by atoms with Gasteiger partial charge in [-0.1, -0.05) is 24.3 Å². The van der Waals surface area contributed by atoms with Crippen molar-refractivity contribution in [1.82, 2.24) is 0 Å². The monoisotopic (exact) mass is 274 g/mol. The fourth-order valence-electron chi connectivity index (χ4n) is 2.29. The number of hydrogen-bond donors (Lipinski definition) is 2. The molecule has 0 saturated heterocycles. The predicted molar refractivity (Wildman–Crippen MR) is 75.6 cm³/mol. The minimum absolute atomic E-state index is 0.0329. The molecular weight excluding hydrogens is 256 g/mol. The minimum atomic E-state index is -0.309. The third-order valence-corrected chi connectivity index (χ3v) is 3.25. The summed E-state index contributed by atoms with van der Waals surface area (Å²) in [6.07, 6.45) is 7.36. The standard InChI is InChI=1S/C16H18O4/c17-11-20-10-12-4-1-6-13-7-3-9-15(19)16(13)14(18)8-2-5-12/h2-4,7-9,17,19H,1,5-6,10-11H2/b8-2+,12-4?. The zero-order valence-electron chi connectivity index (χ0n) is 11.2. The molecular formula is C16H18O4. The first kappa shape index (κ1) is 14.5. The maximum absolute atomic E-state index is 12.1. The molecule has 2 N–H and O–H groups in total. The van der Waals surface area contributed by atoms with E-state index in [-0.39, 0.29) is 18.3 Å². The molecule has 4 nitrogen and oxygen atoms in total. The number of aryl methyl sites for hydroxylation is 1. The van der Waals surface area contributed by atoms with Crippen molar-refractivity contribution in [3.8, 4) is 5.75 Å². The van der Waals surface area contributed by atoms with E-state index in [1.165, 1.54) is 12.1 Å². The number of ketones is 1. The molecule has 20 heavy (non-hydrogen) atoms. The number of carbonyl (C=O) groups excluding carboxylic acids is 1. The van der Waals surface area contributed by atoms with Crippen LogP contribution in [0.4, 0.5) is 0 Å². The Morgan fingerprint density at radius 1 is 1.30 bits per heavy atom. The number of rotatable bonds is 3. The molecule has 0 unspecified atom stereocenters. The lowest BCUT2D eigenvalue weighted by molar-refractivity contribution is 0.00953. The van der Waals surface area contributed by atoms with Crippen LogP contribution in [0.3, 0.4) is 0 Å². The molecule has 106 valence electrons. The van der Waals surface area contributed by atoms with E-state index >= 15 is 0 Å². The van der Waals surface area contributed by atoms with Crippen LogP contribution in [-0.2, 0) is 11.2 Å². The van der Waals surface area contributed by atoms with Gasteiger partial charge in [0.25, 0.3) is 0 Å². The molecule has 0 aliphatic heterocycles. The van der Waals surface area contributed by atoms with Gasteiger partial charge in [-0.2, -0.15) is 0 Å². The van der Waals surface area contributed by atoms with Gasteiger partial charge in [0.15, 0.2) is 5.78 Å². The molecule has 0 atom stereocenters. The first-order valence-corrected chi connectivity index (χ1v) is 6.60. The Bertz CT molecular complexity index is 543. The Labute approximate surface area is 118 Å². The van der Waals surface area contributed by atoms with Crippen LogP contribution in [0.2, 0.25) is 0 Å². The summed E-state index contributed by atoms with van der Waals surface area (Å²) in [6.45, 7) is 0.0542. The van der Waals surface area contributed by atoms with Gasteiger partial charge in [0.05, 0.1) is 12.2 Å². The number of phenolic OH excluding ortho intramolecular Hbond substituents is 1. The van der Waals surface area contributed by atoms with E-state index in [9.17, 15) is 9.90 Å². The average molecular weight is 274 g/mol. The van der Waals surface area contributed by atoms with Crippen LogP contribution in [0.5, 0.6) is 5.75 Å². The fourth-order valence-corrected chi connectivity index (χ4v) is 2.29. The van der Waals surface area contributed by atoms with Gasteiger partial charge < -0.3 is 14.9 Å². The lowest BCUT2D eigenvalue weighted by Crippen LogP contribution is -2.04. The molecule has 0 fully saturated rings. The van der Waals surface area contributed by atoms with Crippen molar-refractivity contribution in [1.29, 1.82) is 0 Å². The van der Waals surface area contributed by atoms with E-state index in [0.29, 0.717) is 25.0 Å². The van der Waals surface area contributed by atoms with Crippen LogP contribution in [-0.4, -0.2) is 29.4 Å². The maximum atomic E-state index is 12.1. The smallest absolute Gasteiger partial charge is 0.189 e. The van der Waals surface area contributed by atoms with Crippen LogP contribution in [0.15, 0.2) is 42.0 Å². The molecule has 0 amide bonds. The Morgan fingerprint density at radius 2 is 2.15 bits per heavy atom. The highest BCUT2D eigenvalue weighted by Crippen LogP contribution is 2.24. The van der Waals surface area contributed by atoms with E-state index in [2.05, 4.69) is 6.08 Å². The molecule has 1 aliphatic rings. The van der Waals surface area contributed by atoms with Crippen molar-refractivity contribution in [3.63, 3.8) is 0 Å². The zero-order valence-corrected chi connectivity index (χ0v) is 11.2. The normalized spacial score (nSPS) is 17.2. The lowest BCUT2D eigenvalue weighted by atomic mass is 9.96. The number of benzene rings is 1. The number of phenols is 1. The van der Waals surface area contributed by atoms with E-state index < -0.39 is 0 Å². The Kier molecular flexibility index (Phi) is 5.09. The molecule has 2 rings (SSSR count). The summed E-state index contributed by atoms with van der Waals surface area (Å²) in [5.74, 6) is -0.145. The van der Waals surface area contributed by atoms with Crippen molar-refractivity contribution in [2.45, 2.75) is 19.3 Å². The summed E-state index contributed by atoms with van der Waals surface area (Å²) >= 11 is 0. The Balaban J connectivity index is 2.25. The molecule has 0 saturated carbocycles. The third-order valence-electron chi connectivity index (χ3n) is 3.25. The van der Waals surface area contributed by atoms with Gasteiger partial charge >= 0.3 is 0 Å². The second kappa shape index (κ2) is 7.03. The summed E-state index contributed by atoms with van der Waals surface area (Å²) in [7, 11) is 0. The number of aromatic hydroxyl groups is 1. The zero-order chi connectivity index (χ0) is 14.4. The van der Waals surface area contributed by atoms with Crippen molar-refractivity contribution in [2.75, 3.05) is 13.4 Å². The van der Waals surface area contributed by atoms with Gasteiger partial charge in [0.2, 0.25) is 0 Å². The number of carbonyl (C=O) groups is 1. The van der Waals surface area contributed by atoms with Crippen molar-refractivity contribution >= 4 is 5.78 Å². The number of ether oxygens (including phenoxy) is 1. The molecule has 0 radical (unpaired) electrons. The number of aliphatic hydroxyl groups is 1. The molecule has 0 aromatic heterocycles. The topological polar surface area (TPSA) is 66.8 Å². The van der Waals surface area contributed by atoms with Crippen LogP contribution >= 0.6 is 0 Å². The largest absolute Gasteiger partial charge is 0.507 e. The van der Waals surface area contributed by atoms with Gasteiger partial charge in [0.1, 0.15) is 12.5 Å². The second-order valence-electron chi connectivity index (χ2n) is 4.66. The minimum Gasteiger partial charge on any atom is -0.507 e. The van der Waals surface area contributed by atoms with Crippen LogP contribution in [0.25, 0.3) is 0 Å². The number of aliphatic hydroxyl groups excluding tert-OH is 1. The second-order valence-corrected chi connectivity index (χ2v) is 4.66. The van der Waals surface area contributed by atoms with E-state index in [0.717, 1.165) is 17.6 Å². The Morgan fingerprint density at radius 3 is 2.95 bits per heavy atom. The van der Waals surface area contributed by atoms with Crippen molar-refractivity contribution in [2.24, 2.45) is 0 Å². The molecule has 1 aromatic rings. The van der Waals surface area contributed by atoms with E-state index in [1.54, 1.807) is 12.1 Å². The molecule has 1 aromatic carbocycles. The van der Waals surface area contributed by atoms with Crippen LogP contribution in [0.1, 0.15) is 28.8 Å². The lowest BCUT2D eigenvalue weighted by Gasteiger charge is -2.11. The van der Waals surface area contributed by atoms with E-state index in [4.69, 9.17) is 9.84 Å². The SMILES string of the molecule is O=C1/C=C/CC(COCO)=CCCc2cccc(O)c21. The molecule has 0 spiro atoms. The summed E-state index contributed by atoms with van der Waals surface area (Å²) in [4.78, 5) is 12.1. The quantitative estimate of drug-likeness (QED) is 0.656. The Hall–Kier alpha value is -1.91. The summed E-state index contributed by atoms with van der Waals surface area (Å²) in [5.41, 5.74) is 2.28. The molecule has 4 heteroatoms. The summed E-state index contributed by atoms with van der Waals surface area (Å²) in [6, 6.07) is 5.14. The van der Waals surface area contributed by atoms with Gasteiger partial charge in [-0.3, -0.25) is 4.79 Å². The molecule has 1 aliphatic carbocycles. The van der Waals surface area contributed by atoms with Crippen LogP contribution in [0, 0.1) is 0 Å². The van der Waals surface area contributed by atoms with E-state index in [1.807, 2.05) is 6.07 Å². The highest BCUT2D eigenvalue weighted by molar-refractivity contribution is 6.07. The first-order chi connectivity index (χ1) is 9.72.